The molecule has 0 aliphatic rings. The molecule has 7 nitrogen and oxygen atoms in total. The average Bonchev–Trinajstić information content (AvgIpc) is 2.93. The first-order chi connectivity index (χ1) is 10.8. The number of carboxylic acid groups (broad SMARTS) is 1. The zero-order valence-corrected chi connectivity index (χ0v) is 13.2. The average molecular weight is 317 g/mol. The van der Waals surface area contributed by atoms with Gasteiger partial charge in [-0.1, -0.05) is 12.1 Å². The van der Waals surface area contributed by atoms with Crippen LogP contribution >= 0.6 is 0 Å². The summed E-state index contributed by atoms with van der Waals surface area (Å²) in [4.78, 5) is 26.7. The van der Waals surface area contributed by atoms with Gasteiger partial charge < -0.3 is 15.2 Å². The van der Waals surface area contributed by atoms with Crippen LogP contribution in [0.2, 0.25) is 0 Å². The summed E-state index contributed by atoms with van der Waals surface area (Å²) in [5.41, 5.74) is 0.989. The fourth-order valence-corrected chi connectivity index (χ4v) is 1.96. The van der Waals surface area contributed by atoms with Gasteiger partial charge in [0.25, 0.3) is 0 Å². The van der Waals surface area contributed by atoms with Crippen LogP contribution in [0.3, 0.4) is 0 Å². The molecule has 0 aliphatic heterocycles. The minimum Gasteiger partial charge on any atom is -0.477 e. The Morgan fingerprint density at radius 3 is 2.74 bits per heavy atom. The molecule has 1 heterocycles. The smallest absolute Gasteiger partial charge is 0.407 e. The van der Waals surface area contributed by atoms with E-state index in [0.29, 0.717) is 5.69 Å². The molecular weight excluding hydrogens is 298 g/mol. The summed E-state index contributed by atoms with van der Waals surface area (Å²) in [6.07, 6.45) is 2.22. The van der Waals surface area contributed by atoms with Crippen LogP contribution in [-0.4, -0.2) is 32.3 Å². The van der Waals surface area contributed by atoms with Crippen molar-refractivity contribution in [3.8, 4) is 5.69 Å². The molecule has 0 spiro atoms. The number of nitrogens with one attached hydrogen (secondary N) is 1. The first-order valence-electron chi connectivity index (χ1n) is 7.08. The predicted molar refractivity (Wildman–Crippen MR) is 83.6 cm³/mol. The van der Waals surface area contributed by atoms with Gasteiger partial charge in [-0.25, -0.2) is 14.6 Å². The quantitative estimate of drug-likeness (QED) is 0.904. The first-order valence-corrected chi connectivity index (χ1v) is 7.08. The van der Waals surface area contributed by atoms with E-state index in [1.54, 1.807) is 39.0 Å². The Kier molecular flexibility index (Phi) is 4.68. The van der Waals surface area contributed by atoms with Crippen LogP contribution in [0.15, 0.2) is 36.8 Å². The van der Waals surface area contributed by atoms with Crippen LogP contribution in [0.5, 0.6) is 0 Å². The second-order valence-corrected chi connectivity index (χ2v) is 5.98. The summed E-state index contributed by atoms with van der Waals surface area (Å²) in [5.74, 6) is -1.06. The summed E-state index contributed by atoms with van der Waals surface area (Å²) in [7, 11) is 0. The fraction of sp³-hybridized carbons (Fsp3) is 0.312. The Morgan fingerprint density at radius 1 is 1.35 bits per heavy atom. The number of carbonyl (C=O) groups excluding carboxylic acids is 1. The largest absolute Gasteiger partial charge is 0.477 e. The van der Waals surface area contributed by atoms with Crippen LogP contribution in [-0.2, 0) is 11.3 Å². The highest BCUT2D eigenvalue weighted by atomic mass is 16.6. The lowest BCUT2D eigenvalue weighted by Crippen LogP contribution is -2.32. The van der Waals surface area contributed by atoms with Crippen LogP contribution in [0.1, 0.15) is 36.8 Å². The molecule has 2 N–H and O–H groups in total. The van der Waals surface area contributed by atoms with Crippen molar-refractivity contribution in [1.82, 2.24) is 14.9 Å². The van der Waals surface area contributed by atoms with Crippen molar-refractivity contribution in [3.63, 3.8) is 0 Å². The summed E-state index contributed by atoms with van der Waals surface area (Å²) < 4.78 is 6.64. The number of aromatic carboxylic acids is 1. The maximum Gasteiger partial charge on any atom is 0.407 e. The van der Waals surface area contributed by atoms with Crippen LogP contribution in [0.25, 0.3) is 5.69 Å². The van der Waals surface area contributed by atoms with E-state index < -0.39 is 17.7 Å². The summed E-state index contributed by atoms with van der Waals surface area (Å²) in [5, 5.41) is 11.8. The molecule has 23 heavy (non-hydrogen) atoms. The highest BCUT2D eigenvalue weighted by molar-refractivity contribution is 5.86. The Bertz CT molecular complexity index is 716. The van der Waals surface area contributed by atoms with Gasteiger partial charge in [-0.2, -0.15) is 0 Å². The summed E-state index contributed by atoms with van der Waals surface area (Å²) >= 11 is 0. The molecule has 1 aromatic carbocycles. The number of amides is 1. The molecule has 122 valence electrons. The Hall–Kier alpha value is -2.83. The monoisotopic (exact) mass is 317 g/mol. The Labute approximate surface area is 133 Å². The molecule has 0 aliphatic carbocycles. The van der Waals surface area contributed by atoms with Gasteiger partial charge in [-0.05, 0) is 38.5 Å². The van der Waals surface area contributed by atoms with Gasteiger partial charge in [0.15, 0.2) is 5.69 Å². The number of carbonyl (C=O) groups is 2. The predicted octanol–water partition coefficient (Wildman–Crippen LogP) is 2.60. The van der Waals surface area contributed by atoms with E-state index in [2.05, 4.69) is 10.3 Å². The van der Waals surface area contributed by atoms with Gasteiger partial charge in [0, 0.05) is 12.2 Å². The van der Waals surface area contributed by atoms with E-state index in [0.717, 1.165) is 5.56 Å². The molecule has 0 atom stereocenters. The van der Waals surface area contributed by atoms with Crippen molar-refractivity contribution < 1.29 is 19.4 Å². The number of carboxylic acids is 1. The van der Waals surface area contributed by atoms with E-state index in [1.807, 2.05) is 6.07 Å². The van der Waals surface area contributed by atoms with E-state index >= 15 is 0 Å². The summed E-state index contributed by atoms with van der Waals surface area (Å²) in [6, 6.07) is 7.17. The lowest BCUT2D eigenvalue weighted by Gasteiger charge is -2.19. The highest BCUT2D eigenvalue weighted by Gasteiger charge is 2.16. The van der Waals surface area contributed by atoms with E-state index in [1.165, 1.54) is 17.1 Å². The molecule has 1 aromatic heterocycles. The van der Waals surface area contributed by atoms with Gasteiger partial charge in [-0.3, -0.25) is 4.57 Å². The van der Waals surface area contributed by atoms with Crippen LogP contribution in [0.4, 0.5) is 4.79 Å². The van der Waals surface area contributed by atoms with Crippen molar-refractivity contribution in [2.75, 3.05) is 0 Å². The molecule has 2 rings (SSSR count). The van der Waals surface area contributed by atoms with E-state index in [-0.39, 0.29) is 12.2 Å². The number of ether oxygens (including phenoxy) is 1. The second kappa shape index (κ2) is 6.51. The lowest BCUT2D eigenvalue weighted by atomic mass is 10.2. The Balaban J connectivity index is 2.10. The van der Waals surface area contributed by atoms with Gasteiger partial charge in [0.2, 0.25) is 0 Å². The molecule has 2 aromatic rings. The van der Waals surface area contributed by atoms with Crippen molar-refractivity contribution in [2.45, 2.75) is 32.9 Å². The van der Waals surface area contributed by atoms with Crippen molar-refractivity contribution in [2.24, 2.45) is 0 Å². The molecular formula is C16H19N3O4. The molecule has 0 radical (unpaired) electrons. The number of hydrogen-bond donors (Lipinski definition) is 2. The standard InChI is InChI=1S/C16H19N3O4/c1-16(2,3)23-15(22)18-8-11-5-4-6-12(7-11)19-10-17-9-13(19)14(20)21/h4-7,9-10H,8H2,1-3H3,(H,18,22)(H,20,21). The number of benzene rings is 1. The van der Waals surface area contributed by atoms with Gasteiger partial charge in [0.1, 0.15) is 5.60 Å². The van der Waals surface area contributed by atoms with Crippen molar-refractivity contribution >= 4 is 12.1 Å². The summed E-state index contributed by atoms with van der Waals surface area (Å²) in [6.45, 7) is 5.65. The molecule has 7 heteroatoms. The topological polar surface area (TPSA) is 93.5 Å². The minimum absolute atomic E-state index is 0.0715. The number of rotatable bonds is 4. The van der Waals surface area contributed by atoms with E-state index in [9.17, 15) is 9.59 Å². The third-order valence-corrected chi connectivity index (χ3v) is 2.88. The number of imidazole rings is 1. The van der Waals surface area contributed by atoms with Crippen LogP contribution in [0, 0.1) is 0 Å². The lowest BCUT2D eigenvalue weighted by molar-refractivity contribution is 0.0523. The fourth-order valence-electron chi connectivity index (χ4n) is 1.96. The normalized spacial score (nSPS) is 11.1. The number of nitrogens with zero attached hydrogens (tertiary/aromatic N) is 2. The molecule has 0 unspecified atom stereocenters. The zero-order valence-electron chi connectivity index (χ0n) is 13.2. The molecule has 1 amide bonds. The third kappa shape index (κ3) is 4.57. The number of alkyl carbamates (subject to hydrolysis) is 1. The number of hydrogen-bond acceptors (Lipinski definition) is 4. The van der Waals surface area contributed by atoms with Crippen molar-refractivity contribution in [1.29, 1.82) is 0 Å². The van der Waals surface area contributed by atoms with Crippen LogP contribution < -0.4 is 5.32 Å². The molecule has 0 fully saturated rings. The second-order valence-electron chi connectivity index (χ2n) is 5.98. The van der Waals surface area contributed by atoms with Gasteiger partial charge in [0.05, 0.1) is 12.5 Å². The van der Waals surface area contributed by atoms with Gasteiger partial charge in [-0.15, -0.1) is 0 Å². The van der Waals surface area contributed by atoms with Crippen molar-refractivity contribution in [3.05, 3.63) is 48.0 Å². The molecule has 0 saturated carbocycles. The SMILES string of the molecule is CC(C)(C)OC(=O)NCc1cccc(-n2cncc2C(=O)O)c1. The molecule has 0 saturated heterocycles. The first kappa shape index (κ1) is 16.5. The Morgan fingerprint density at radius 2 is 2.09 bits per heavy atom. The highest BCUT2D eigenvalue weighted by Crippen LogP contribution is 2.14. The minimum atomic E-state index is -1.06. The number of aromatic nitrogens is 2. The maximum atomic E-state index is 11.7. The molecule has 0 bridgehead atoms. The maximum absolute atomic E-state index is 11.7. The van der Waals surface area contributed by atoms with E-state index in [4.69, 9.17) is 9.84 Å². The zero-order chi connectivity index (χ0) is 17.0. The third-order valence-electron chi connectivity index (χ3n) is 2.88. The van der Waals surface area contributed by atoms with Gasteiger partial charge >= 0.3 is 12.1 Å².